The molecule has 21 heavy (non-hydrogen) atoms. The third-order valence-corrected chi connectivity index (χ3v) is 5.26. The van der Waals surface area contributed by atoms with E-state index in [1.807, 2.05) is 6.07 Å². The monoisotopic (exact) mass is 350 g/mol. The van der Waals surface area contributed by atoms with Crippen LogP contribution >= 0.6 is 23.2 Å². The highest BCUT2D eigenvalue weighted by Crippen LogP contribution is 2.31. The number of carboxylic acids is 1. The Balaban J connectivity index is 3.39. The van der Waals surface area contributed by atoms with E-state index < -0.39 is 37.4 Å². The van der Waals surface area contributed by atoms with Gasteiger partial charge in [0, 0.05) is 18.6 Å². The summed E-state index contributed by atoms with van der Waals surface area (Å²) in [5, 5.41) is 17.3. The minimum Gasteiger partial charge on any atom is -0.478 e. The molecule has 0 saturated carbocycles. The van der Waals surface area contributed by atoms with Gasteiger partial charge in [-0.15, -0.1) is 0 Å². The van der Waals surface area contributed by atoms with Gasteiger partial charge < -0.3 is 5.11 Å². The SMILES string of the molecule is CC(C#N)CN(C)S(=O)(=O)c1cc(Cl)cc(C(=O)O)c1Cl. The van der Waals surface area contributed by atoms with Crippen molar-refractivity contribution in [3.63, 3.8) is 0 Å². The van der Waals surface area contributed by atoms with E-state index in [4.69, 9.17) is 33.6 Å². The molecule has 0 amide bonds. The molecule has 1 aromatic carbocycles. The van der Waals surface area contributed by atoms with Gasteiger partial charge in [-0.1, -0.05) is 23.2 Å². The summed E-state index contributed by atoms with van der Waals surface area (Å²) < 4.78 is 25.8. The zero-order chi connectivity index (χ0) is 16.4. The number of nitrogens with zero attached hydrogens (tertiary/aromatic N) is 2. The van der Waals surface area contributed by atoms with Gasteiger partial charge in [0.2, 0.25) is 10.0 Å². The molecule has 1 unspecified atom stereocenters. The van der Waals surface area contributed by atoms with E-state index in [1.54, 1.807) is 6.92 Å². The molecule has 0 aliphatic heterocycles. The zero-order valence-corrected chi connectivity index (χ0v) is 13.5. The summed E-state index contributed by atoms with van der Waals surface area (Å²) in [6.07, 6.45) is 0. The van der Waals surface area contributed by atoms with E-state index in [0.29, 0.717) is 0 Å². The van der Waals surface area contributed by atoms with Crippen LogP contribution in [0.15, 0.2) is 17.0 Å². The molecule has 0 aromatic heterocycles. The molecular weight excluding hydrogens is 339 g/mol. The van der Waals surface area contributed by atoms with Crippen LogP contribution in [0.3, 0.4) is 0 Å². The molecule has 0 spiro atoms. The van der Waals surface area contributed by atoms with E-state index in [1.165, 1.54) is 7.05 Å². The number of carbonyl (C=O) groups is 1. The molecule has 0 saturated heterocycles. The summed E-state index contributed by atoms with van der Waals surface area (Å²) in [4.78, 5) is 10.7. The fraction of sp³-hybridized carbons (Fsp3) is 0.333. The number of carboxylic acid groups (broad SMARTS) is 1. The van der Waals surface area contributed by atoms with Crippen LogP contribution < -0.4 is 0 Å². The van der Waals surface area contributed by atoms with Crippen molar-refractivity contribution in [2.75, 3.05) is 13.6 Å². The van der Waals surface area contributed by atoms with Crippen LogP contribution in [0.1, 0.15) is 17.3 Å². The van der Waals surface area contributed by atoms with Gasteiger partial charge in [0.15, 0.2) is 0 Å². The standard InChI is InChI=1S/C12H12Cl2N2O4S/c1-7(5-15)6-16(2)21(19,20)10-4-8(13)3-9(11(10)14)12(17)18/h3-4,7H,6H2,1-2H3,(H,17,18). The summed E-state index contributed by atoms with van der Waals surface area (Å²) in [7, 11) is -2.77. The quantitative estimate of drug-likeness (QED) is 0.879. The van der Waals surface area contributed by atoms with E-state index in [0.717, 1.165) is 16.4 Å². The second kappa shape index (κ2) is 6.62. The first-order chi connectivity index (χ1) is 9.61. The summed E-state index contributed by atoms with van der Waals surface area (Å²) >= 11 is 11.6. The Morgan fingerprint density at radius 2 is 2.05 bits per heavy atom. The van der Waals surface area contributed by atoms with Gasteiger partial charge in [-0.05, 0) is 19.1 Å². The number of rotatable bonds is 5. The van der Waals surface area contributed by atoms with Crippen LogP contribution in [0.4, 0.5) is 0 Å². The van der Waals surface area contributed by atoms with Crippen LogP contribution in [0, 0.1) is 17.2 Å². The van der Waals surface area contributed by atoms with E-state index in [2.05, 4.69) is 0 Å². The maximum atomic E-state index is 12.4. The lowest BCUT2D eigenvalue weighted by Crippen LogP contribution is -2.31. The lowest BCUT2D eigenvalue weighted by Gasteiger charge is -2.19. The maximum absolute atomic E-state index is 12.4. The molecular formula is C12H12Cl2N2O4S. The van der Waals surface area contributed by atoms with Gasteiger partial charge in [0.05, 0.1) is 22.6 Å². The largest absolute Gasteiger partial charge is 0.478 e. The number of hydrogen-bond donors (Lipinski definition) is 1. The van der Waals surface area contributed by atoms with Crippen molar-refractivity contribution in [2.45, 2.75) is 11.8 Å². The normalized spacial score (nSPS) is 13.0. The molecule has 9 heteroatoms. The number of hydrogen-bond acceptors (Lipinski definition) is 4. The fourth-order valence-electron chi connectivity index (χ4n) is 1.60. The van der Waals surface area contributed by atoms with Crippen LogP contribution in [-0.4, -0.2) is 37.4 Å². The van der Waals surface area contributed by atoms with Gasteiger partial charge >= 0.3 is 5.97 Å². The first-order valence-electron chi connectivity index (χ1n) is 5.69. The molecule has 0 heterocycles. The van der Waals surface area contributed by atoms with Crippen LogP contribution in [0.2, 0.25) is 10.0 Å². The van der Waals surface area contributed by atoms with E-state index in [9.17, 15) is 13.2 Å². The zero-order valence-electron chi connectivity index (χ0n) is 11.2. The van der Waals surface area contributed by atoms with Crippen molar-refractivity contribution >= 4 is 39.2 Å². The van der Waals surface area contributed by atoms with Crippen LogP contribution in [0.25, 0.3) is 0 Å². The number of nitriles is 1. The highest BCUT2D eigenvalue weighted by molar-refractivity contribution is 7.89. The van der Waals surface area contributed by atoms with Crippen molar-refractivity contribution in [1.82, 2.24) is 4.31 Å². The fourth-order valence-corrected chi connectivity index (χ4v) is 3.73. The van der Waals surface area contributed by atoms with Gasteiger partial charge in [-0.2, -0.15) is 9.57 Å². The Bertz CT molecular complexity index is 713. The maximum Gasteiger partial charge on any atom is 0.337 e. The highest BCUT2D eigenvalue weighted by atomic mass is 35.5. The molecule has 1 rings (SSSR count). The molecule has 1 N–H and O–H groups in total. The predicted octanol–water partition coefficient (Wildman–Crippen LogP) is 2.47. The minimum atomic E-state index is -4.05. The van der Waals surface area contributed by atoms with Crippen molar-refractivity contribution in [3.8, 4) is 6.07 Å². The number of sulfonamides is 1. The summed E-state index contributed by atoms with van der Waals surface area (Å²) in [5.74, 6) is -1.91. The average molecular weight is 351 g/mol. The summed E-state index contributed by atoms with van der Waals surface area (Å²) in [5.41, 5.74) is -0.399. The smallest absolute Gasteiger partial charge is 0.337 e. The topological polar surface area (TPSA) is 98.5 Å². The third kappa shape index (κ3) is 3.86. The predicted molar refractivity (Wildman–Crippen MR) is 78.0 cm³/mol. The van der Waals surface area contributed by atoms with Gasteiger partial charge in [-0.25, -0.2) is 13.2 Å². The number of benzene rings is 1. The molecule has 1 aromatic rings. The number of aromatic carboxylic acids is 1. The van der Waals surface area contributed by atoms with Gasteiger partial charge in [0.25, 0.3) is 0 Å². The average Bonchev–Trinajstić information content (AvgIpc) is 2.40. The molecule has 0 radical (unpaired) electrons. The Kier molecular flexibility index (Phi) is 5.59. The number of halogens is 2. The van der Waals surface area contributed by atoms with Crippen LogP contribution in [-0.2, 0) is 10.0 Å². The van der Waals surface area contributed by atoms with Crippen LogP contribution in [0.5, 0.6) is 0 Å². The lowest BCUT2D eigenvalue weighted by atomic mass is 10.2. The van der Waals surface area contributed by atoms with Gasteiger partial charge in [0.1, 0.15) is 4.90 Å². The Morgan fingerprint density at radius 1 is 1.48 bits per heavy atom. The molecule has 6 nitrogen and oxygen atoms in total. The van der Waals surface area contributed by atoms with Gasteiger partial charge in [-0.3, -0.25) is 0 Å². The Morgan fingerprint density at radius 3 is 2.52 bits per heavy atom. The lowest BCUT2D eigenvalue weighted by molar-refractivity contribution is 0.0697. The molecule has 0 aliphatic carbocycles. The molecule has 114 valence electrons. The Hall–Kier alpha value is -1.33. The van der Waals surface area contributed by atoms with Crippen molar-refractivity contribution < 1.29 is 18.3 Å². The summed E-state index contributed by atoms with van der Waals surface area (Å²) in [6, 6.07) is 4.07. The molecule has 1 atom stereocenters. The molecule has 0 fully saturated rings. The van der Waals surface area contributed by atoms with E-state index in [-0.39, 0.29) is 11.6 Å². The second-order valence-electron chi connectivity index (χ2n) is 4.39. The molecule has 0 bridgehead atoms. The van der Waals surface area contributed by atoms with Crippen molar-refractivity contribution in [2.24, 2.45) is 5.92 Å². The van der Waals surface area contributed by atoms with Crippen molar-refractivity contribution in [1.29, 1.82) is 5.26 Å². The van der Waals surface area contributed by atoms with Crippen molar-refractivity contribution in [3.05, 3.63) is 27.7 Å². The summed E-state index contributed by atoms with van der Waals surface area (Å²) in [6.45, 7) is 1.51. The van der Waals surface area contributed by atoms with E-state index >= 15 is 0 Å². The first kappa shape index (κ1) is 17.7. The highest BCUT2D eigenvalue weighted by Gasteiger charge is 2.28. The Labute approximate surface area is 132 Å². The molecule has 0 aliphatic rings. The minimum absolute atomic E-state index is 0.0515. The third-order valence-electron chi connectivity index (χ3n) is 2.67. The first-order valence-corrected chi connectivity index (χ1v) is 7.89. The second-order valence-corrected chi connectivity index (χ2v) is 7.21.